The van der Waals surface area contributed by atoms with E-state index in [0.29, 0.717) is 0 Å². The van der Waals surface area contributed by atoms with Crippen LogP contribution in [-0.2, 0) is 19.6 Å². The highest BCUT2D eigenvalue weighted by atomic mass is 32.2. The molecule has 0 aromatic heterocycles. The van der Waals surface area contributed by atoms with Crippen molar-refractivity contribution in [1.82, 2.24) is 4.31 Å². The second-order valence-corrected chi connectivity index (χ2v) is 9.20. The van der Waals surface area contributed by atoms with Gasteiger partial charge in [-0.2, -0.15) is 4.31 Å². The number of carbonyl (C=O) groups is 2. The van der Waals surface area contributed by atoms with E-state index in [9.17, 15) is 18.0 Å². The maximum absolute atomic E-state index is 13.2. The van der Waals surface area contributed by atoms with Crippen LogP contribution in [0.5, 0.6) is 0 Å². The molecule has 0 bridgehead atoms. The van der Waals surface area contributed by atoms with E-state index >= 15 is 0 Å². The van der Waals surface area contributed by atoms with Gasteiger partial charge in [0.25, 0.3) is 10.0 Å². The fraction of sp³-hybridized carbons (Fsp3) is 0.333. The fourth-order valence-electron chi connectivity index (χ4n) is 2.66. The van der Waals surface area contributed by atoms with Gasteiger partial charge in [-0.1, -0.05) is 48.5 Å². The number of aldehydes is 1. The minimum atomic E-state index is -4.15. The molecule has 0 spiro atoms. The SMILES string of the molecule is CC(C)(C)OC(=O)N(CC(CC=O)c1ccccc1)S(=O)(=O)c1ccccc1. The summed E-state index contributed by atoms with van der Waals surface area (Å²) in [6, 6.07) is 16.7. The molecule has 0 N–H and O–H groups in total. The molecule has 0 fully saturated rings. The number of hydrogen-bond donors (Lipinski definition) is 0. The zero-order valence-electron chi connectivity index (χ0n) is 16.2. The van der Waals surface area contributed by atoms with Gasteiger partial charge >= 0.3 is 6.09 Å². The molecule has 2 aromatic carbocycles. The molecule has 0 heterocycles. The average molecular weight is 404 g/mol. The van der Waals surface area contributed by atoms with E-state index in [1.807, 2.05) is 6.07 Å². The number of ether oxygens (including phenoxy) is 1. The van der Waals surface area contributed by atoms with Crippen molar-refractivity contribution in [3.05, 3.63) is 66.2 Å². The van der Waals surface area contributed by atoms with E-state index in [2.05, 4.69) is 0 Å². The van der Waals surface area contributed by atoms with Crippen LogP contribution in [0, 0.1) is 0 Å². The third kappa shape index (κ3) is 5.66. The number of carbonyl (C=O) groups excluding carboxylic acids is 2. The van der Waals surface area contributed by atoms with E-state index in [-0.39, 0.29) is 17.9 Å². The molecule has 2 rings (SSSR count). The van der Waals surface area contributed by atoms with Crippen molar-refractivity contribution in [3.63, 3.8) is 0 Å². The summed E-state index contributed by atoms with van der Waals surface area (Å²) in [5.74, 6) is -0.482. The second-order valence-electron chi connectivity index (χ2n) is 7.34. The highest BCUT2D eigenvalue weighted by Gasteiger charge is 2.35. The van der Waals surface area contributed by atoms with Gasteiger partial charge in [0.1, 0.15) is 11.9 Å². The van der Waals surface area contributed by atoms with Crippen LogP contribution in [0.4, 0.5) is 4.79 Å². The minimum Gasteiger partial charge on any atom is -0.443 e. The fourth-order valence-corrected chi connectivity index (χ4v) is 4.03. The molecule has 2 aromatic rings. The van der Waals surface area contributed by atoms with Gasteiger partial charge in [-0.3, -0.25) is 0 Å². The van der Waals surface area contributed by atoms with Crippen molar-refractivity contribution in [2.24, 2.45) is 0 Å². The summed E-state index contributed by atoms with van der Waals surface area (Å²) in [7, 11) is -4.15. The van der Waals surface area contributed by atoms with Crippen LogP contribution in [0.2, 0.25) is 0 Å². The smallest absolute Gasteiger partial charge is 0.424 e. The van der Waals surface area contributed by atoms with Crippen LogP contribution in [0.25, 0.3) is 0 Å². The molecule has 1 amide bonds. The van der Waals surface area contributed by atoms with Crippen LogP contribution < -0.4 is 0 Å². The maximum Gasteiger partial charge on any atom is 0.424 e. The lowest BCUT2D eigenvalue weighted by Crippen LogP contribution is -2.43. The number of rotatable bonds is 7. The van der Waals surface area contributed by atoms with Gasteiger partial charge in [0.15, 0.2) is 0 Å². The van der Waals surface area contributed by atoms with Gasteiger partial charge in [0.2, 0.25) is 0 Å². The summed E-state index contributed by atoms with van der Waals surface area (Å²) in [5, 5.41) is 0. The first kappa shape index (κ1) is 21.6. The first-order valence-corrected chi connectivity index (χ1v) is 10.4. The number of hydrogen-bond acceptors (Lipinski definition) is 5. The molecule has 0 aliphatic heterocycles. The molecule has 28 heavy (non-hydrogen) atoms. The van der Waals surface area contributed by atoms with Gasteiger partial charge in [-0.25, -0.2) is 13.2 Å². The zero-order chi connectivity index (χ0) is 20.8. The quantitative estimate of drug-likeness (QED) is 0.653. The van der Waals surface area contributed by atoms with Crippen LogP contribution in [0.15, 0.2) is 65.6 Å². The number of nitrogens with zero attached hydrogens (tertiary/aromatic N) is 1. The molecule has 0 aliphatic carbocycles. The lowest BCUT2D eigenvalue weighted by atomic mass is 9.96. The van der Waals surface area contributed by atoms with Crippen molar-refractivity contribution < 1.29 is 22.7 Å². The molecular weight excluding hydrogens is 378 g/mol. The van der Waals surface area contributed by atoms with Gasteiger partial charge in [0, 0.05) is 18.9 Å². The summed E-state index contributed by atoms with van der Waals surface area (Å²) < 4.78 is 32.4. The first-order valence-electron chi connectivity index (χ1n) is 8.94. The van der Waals surface area contributed by atoms with Crippen molar-refractivity contribution in [3.8, 4) is 0 Å². The lowest BCUT2D eigenvalue weighted by Gasteiger charge is -2.29. The Hall–Kier alpha value is -2.67. The summed E-state index contributed by atoms with van der Waals surface area (Å²) in [6.45, 7) is 4.80. The Labute approximate surface area is 166 Å². The van der Waals surface area contributed by atoms with Crippen LogP contribution in [-0.4, -0.2) is 37.2 Å². The van der Waals surface area contributed by atoms with E-state index in [4.69, 9.17) is 4.74 Å². The minimum absolute atomic E-state index is 0.0150. The van der Waals surface area contributed by atoms with Crippen molar-refractivity contribution >= 4 is 22.4 Å². The predicted molar refractivity (Wildman–Crippen MR) is 106 cm³/mol. The van der Waals surface area contributed by atoms with Crippen LogP contribution >= 0.6 is 0 Å². The predicted octanol–water partition coefficient (Wildman–Crippen LogP) is 3.99. The Morgan fingerprint density at radius 3 is 2.07 bits per heavy atom. The highest BCUT2D eigenvalue weighted by molar-refractivity contribution is 7.89. The zero-order valence-corrected chi connectivity index (χ0v) is 17.1. The van der Waals surface area contributed by atoms with Gasteiger partial charge in [-0.15, -0.1) is 0 Å². The van der Waals surface area contributed by atoms with Crippen molar-refractivity contribution in [1.29, 1.82) is 0 Å². The number of amides is 1. The Kier molecular flexibility index (Phi) is 6.96. The number of sulfonamides is 1. The summed E-state index contributed by atoms with van der Waals surface area (Å²) in [6.07, 6.45) is -0.170. The van der Waals surface area contributed by atoms with E-state index in [1.54, 1.807) is 63.2 Å². The Balaban J connectivity index is 2.45. The van der Waals surface area contributed by atoms with Gasteiger partial charge in [0.05, 0.1) is 4.90 Å². The van der Waals surface area contributed by atoms with Crippen molar-refractivity contribution in [2.45, 2.75) is 43.6 Å². The molecule has 7 heteroatoms. The Bertz CT molecular complexity index is 889. The molecular formula is C21H25NO5S. The summed E-state index contributed by atoms with van der Waals surface area (Å²) in [4.78, 5) is 24.0. The average Bonchev–Trinajstić information content (AvgIpc) is 2.65. The third-order valence-corrected chi connectivity index (χ3v) is 5.71. The Morgan fingerprint density at radius 1 is 1.04 bits per heavy atom. The molecule has 0 saturated carbocycles. The molecule has 1 unspecified atom stereocenters. The molecule has 1 atom stereocenters. The molecule has 0 aliphatic rings. The largest absolute Gasteiger partial charge is 0.443 e. The highest BCUT2D eigenvalue weighted by Crippen LogP contribution is 2.26. The molecule has 0 radical (unpaired) electrons. The van der Waals surface area contributed by atoms with E-state index < -0.39 is 27.6 Å². The molecule has 6 nitrogen and oxygen atoms in total. The van der Waals surface area contributed by atoms with E-state index in [0.717, 1.165) is 16.2 Å². The van der Waals surface area contributed by atoms with Crippen LogP contribution in [0.3, 0.4) is 0 Å². The van der Waals surface area contributed by atoms with Crippen LogP contribution in [0.1, 0.15) is 38.7 Å². The lowest BCUT2D eigenvalue weighted by molar-refractivity contribution is -0.108. The monoisotopic (exact) mass is 403 g/mol. The topological polar surface area (TPSA) is 80.8 Å². The van der Waals surface area contributed by atoms with Gasteiger partial charge in [-0.05, 0) is 38.5 Å². The normalized spacial score (nSPS) is 12.8. The molecule has 0 saturated heterocycles. The van der Waals surface area contributed by atoms with E-state index in [1.165, 1.54) is 12.1 Å². The summed E-state index contributed by atoms with van der Waals surface area (Å²) >= 11 is 0. The standard InChI is InChI=1S/C21H25NO5S/c1-21(2,3)27-20(24)22(28(25,26)19-12-8-5-9-13-19)16-18(14-15-23)17-10-6-4-7-11-17/h4-13,15,18H,14,16H2,1-3H3. The maximum atomic E-state index is 13.2. The van der Waals surface area contributed by atoms with Gasteiger partial charge < -0.3 is 9.53 Å². The first-order chi connectivity index (χ1) is 13.1. The van der Waals surface area contributed by atoms with Crippen molar-refractivity contribution in [2.75, 3.05) is 6.54 Å². The third-order valence-electron chi connectivity index (χ3n) is 3.97. The number of benzene rings is 2. The summed E-state index contributed by atoms with van der Waals surface area (Å²) in [5.41, 5.74) is -0.0968. The Morgan fingerprint density at radius 2 is 1.57 bits per heavy atom. The second kappa shape index (κ2) is 9.01. The molecule has 150 valence electrons.